The number of halogens is 1. The fraction of sp³-hybridized carbons (Fsp3) is 0.600. The number of phosphoric ester groups is 1. The number of aliphatic hydroxyl groups is 1. The normalized spacial score (nSPS) is 32.2. The van der Waals surface area contributed by atoms with E-state index in [-0.39, 0.29) is 5.56 Å². The first-order chi connectivity index (χ1) is 12.1. The molecule has 0 amide bonds. The molecule has 1 aromatic heterocycles. The third-order valence-electron chi connectivity index (χ3n) is 3.08. The Kier molecular flexibility index (Phi) is 5.32. The highest BCUT2D eigenvalue weighted by atomic mass is 31.3. The summed E-state index contributed by atoms with van der Waals surface area (Å²) in [6.45, 7) is -0.206. The zero-order valence-corrected chi connectivity index (χ0v) is 14.7. The van der Waals surface area contributed by atoms with Crippen molar-refractivity contribution in [1.29, 1.82) is 0 Å². The van der Waals surface area contributed by atoms with Crippen LogP contribution in [0.3, 0.4) is 0 Å². The summed E-state index contributed by atoms with van der Waals surface area (Å²) in [6.07, 6.45) is -4.93. The van der Waals surface area contributed by atoms with Crippen LogP contribution in [-0.2, 0) is 22.7 Å². The van der Waals surface area contributed by atoms with Gasteiger partial charge in [0.2, 0.25) is 5.85 Å². The quantitative estimate of drug-likeness (QED) is 0.354. The predicted octanol–water partition coefficient (Wildman–Crippen LogP) is -0.983. The van der Waals surface area contributed by atoms with E-state index in [1.807, 2.05) is 4.98 Å². The van der Waals surface area contributed by atoms with Gasteiger partial charge in [0.1, 0.15) is 12.7 Å². The molecule has 148 valence electrons. The average Bonchev–Trinajstić information content (AvgIpc) is 2.70. The number of nitrogens with zero attached hydrogens (tertiary/aromatic N) is 1. The van der Waals surface area contributed by atoms with Crippen molar-refractivity contribution < 1.29 is 48.2 Å². The summed E-state index contributed by atoms with van der Waals surface area (Å²) < 4.78 is 57.4. The van der Waals surface area contributed by atoms with E-state index >= 15 is 0 Å². The van der Waals surface area contributed by atoms with Gasteiger partial charge < -0.3 is 24.5 Å². The molecule has 4 atom stereocenters. The molecule has 1 aliphatic rings. The van der Waals surface area contributed by atoms with Gasteiger partial charge >= 0.3 is 21.3 Å². The van der Waals surface area contributed by atoms with Crippen LogP contribution in [0.1, 0.15) is 19.6 Å². The molecule has 2 rings (SSSR count). The molecule has 16 heteroatoms. The summed E-state index contributed by atoms with van der Waals surface area (Å²) in [4.78, 5) is 51.2. The molecule has 0 spiro atoms. The molecule has 26 heavy (non-hydrogen) atoms. The number of nitrogens with one attached hydrogen (secondary N) is 1. The van der Waals surface area contributed by atoms with E-state index in [1.165, 1.54) is 6.92 Å². The Morgan fingerprint density at radius 3 is 2.69 bits per heavy atom. The van der Waals surface area contributed by atoms with Gasteiger partial charge in [-0.15, -0.1) is 0 Å². The summed E-state index contributed by atoms with van der Waals surface area (Å²) in [5.74, 6) is -3.11. The maximum absolute atomic E-state index is 14.7. The molecule has 0 bridgehead atoms. The van der Waals surface area contributed by atoms with Crippen molar-refractivity contribution in [2.24, 2.45) is 0 Å². The molecule has 1 fully saturated rings. The van der Waals surface area contributed by atoms with Crippen LogP contribution in [0.15, 0.2) is 15.8 Å². The van der Waals surface area contributed by atoms with Crippen LogP contribution < -0.4 is 11.2 Å². The van der Waals surface area contributed by atoms with Gasteiger partial charge in [0.15, 0.2) is 6.20 Å². The molecule has 2 heterocycles. The number of rotatable bonds is 6. The van der Waals surface area contributed by atoms with Crippen LogP contribution in [0.4, 0.5) is 4.39 Å². The van der Waals surface area contributed by atoms with Gasteiger partial charge in [-0.2, -0.15) is 4.31 Å². The molecule has 1 aromatic rings. The molecular formula is C10H15FN2O11P2. The van der Waals surface area contributed by atoms with E-state index in [2.05, 4.69) is 8.83 Å². The van der Waals surface area contributed by atoms with Crippen LogP contribution in [-0.4, -0.2) is 47.9 Å². The van der Waals surface area contributed by atoms with Gasteiger partial charge in [-0.1, -0.05) is 0 Å². The molecule has 13 nitrogen and oxygen atoms in total. The molecule has 0 aromatic carbocycles. The lowest BCUT2D eigenvalue weighted by atomic mass is 10.2. The van der Waals surface area contributed by atoms with Crippen molar-refractivity contribution in [2.45, 2.75) is 31.5 Å². The second-order valence-electron chi connectivity index (χ2n) is 5.30. The predicted molar refractivity (Wildman–Crippen MR) is 79.6 cm³/mol. The number of aromatic nitrogens is 2. The Morgan fingerprint density at radius 1 is 1.50 bits per heavy atom. The molecule has 0 radical (unpaired) electrons. The minimum atomic E-state index is -5.44. The monoisotopic (exact) mass is 421 g/mol. The van der Waals surface area contributed by atoms with Gasteiger partial charge in [0, 0.05) is 18.2 Å². The number of aryl methyl sites for hydroxylation is 1. The third-order valence-corrected chi connectivity index (χ3v) is 5.21. The zero-order chi connectivity index (χ0) is 20.8. The van der Waals surface area contributed by atoms with E-state index in [9.17, 15) is 28.2 Å². The van der Waals surface area contributed by atoms with Gasteiger partial charge in [0.05, 0.1) is 1.37 Å². The van der Waals surface area contributed by atoms with E-state index in [1.54, 1.807) is 0 Å². The van der Waals surface area contributed by atoms with Crippen molar-refractivity contribution in [3.63, 3.8) is 0 Å². The van der Waals surface area contributed by atoms with Crippen LogP contribution in [0, 0.1) is 6.92 Å². The van der Waals surface area contributed by atoms with E-state index in [0.717, 1.165) is 6.20 Å². The number of alkyl halides is 1. The van der Waals surface area contributed by atoms with Crippen molar-refractivity contribution in [3.8, 4) is 0 Å². The Hall–Kier alpha value is -1.21. The minimum Gasteiger partial charge on any atom is -0.388 e. The molecule has 1 unspecified atom stereocenters. The number of hydrogen-bond acceptors (Lipinski definition) is 8. The Balaban J connectivity index is 2.25. The van der Waals surface area contributed by atoms with Crippen molar-refractivity contribution >= 4 is 15.6 Å². The van der Waals surface area contributed by atoms with E-state index in [4.69, 9.17) is 20.8 Å². The van der Waals surface area contributed by atoms with Crippen LogP contribution >= 0.6 is 15.6 Å². The Labute approximate surface area is 145 Å². The topological polar surface area (TPSA) is 198 Å². The van der Waals surface area contributed by atoms with Crippen molar-refractivity contribution in [1.82, 2.24) is 9.55 Å². The number of phosphoric acid groups is 2. The number of aliphatic hydroxyl groups excluding tert-OH is 1. The molecule has 1 saturated heterocycles. The summed E-state index contributed by atoms with van der Waals surface area (Å²) in [5, 5.41) is 9.99. The molecular weight excluding hydrogens is 405 g/mol. The third kappa shape index (κ3) is 5.16. The van der Waals surface area contributed by atoms with Gasteiger partial charge in [0.25, 0.3) is 5.56 Å². The standard InChI is InChI=1S/C10H15FN2O11P2/c1-5-3-13(9(16)12-7(5)15)8-6(14)2-10(11,23-8)4-22-26(20,21)24-25(17,18)19/h3,6,8,14H,2,4H2,1H3,(H,20,21)(H,12,15,16)(H2,17,18,19)/t6-,8-,10+/m1/s1/i8D. The molecule has 1 aliphatic heterocycles. The summed E-state index contributed by atoms with van der Waals surface area (Å²) >= 11 is 0. The smallest absolute Gasteiger partial charge is 0.388 e. The van der Waals surface area contributed by atoms with Crippen LogP contribution in [0.5, 0.6) is 0 Å². The second-order valence-corrected chi connectivity index (χ2v) is 8.13. The Morgan fingerprint density at radius 2 is 2.12 bits per heavy atom. The molecule has 5 N–H and O–H groups in total. The maximum Gasteiger partial charge on any atom is 0.481 e. The van der Waals surface area contributed by atoms with E-state index < -0.39 is 58.1 Å². The van der Waals surface area contributed by atoms with Gasteiger partial charge in [-0.25, -0.2) is 18.3 Å². The largest absolute Gasteiger partial charge is 0.481 e. The summed E-state index contributed by atoms with van der Waals surface area (Å²) in [5.41, 5.74) is -2.03. The molecule has 0 saturated carbocycles. The van der Waals surface area contributed by atoms with Gasteiger partial charge in [-0.3, -0.25) is 18.9 Å². The fourth-order valence-corrected chi connectivity index (χ4v) is 3.66. The van der Waals surface area contributed by atoms with Crippen molar-refractivity contribution in [2.75, 3.05) is 6.61 Å². The minimum absolute atomic E-state index is 0.0560. The lowest BCUT2D eigenvalue weighted by Crippen LogP contribution is -2.36. The number of aromatic amines is 1. The van der Waals surface area contributed by atoms with E-state index in [0.29, 0.717) is 4.57 Å². The highest BCUT2D eigenvalue weighted by molar-refractivity contribution is 7.60. The number of H-pyrrole nitrogens is 1. The number of ether oxygens (including phenoxy) is 1. The SMILES string of the molecule is [2H][C@@]1(n2cc(C)c(=O)[nH]c2=O)O[C@](F)(COP(=O)(O)OP(=O)(O)O)C[C@H]1O. The molecule has 0 aliphatic carbocycles. The lowest BCUT2D eigenvalue weighted by Gasteiger charge is -2.22. The first kappa shape index (κ1) is 19.5. The number of hydrogen-bond donors (Lipinski definition) is 5. The first-order valence-corrected chi connectivity index (χ1v) is 9.74. The fourth-order valence-electron chi connectivity index (χ4n) is 2.04. The lowest BCUT2D eigenvalue weighted by molar-refractivity contribution is -0.178. The zero-order valence-electron chi connectivity index (χ0n) is 13.9. The highest BCUT2D eigenvalue weighted by Gasteiger charge is 2.50. The Bertz CT molecular complexity index is 946. The highest BCUT2D eigenvalue weighted by Crippen LogP contribution is 2.58. The summed E-state index contributed by atoms with van der Waals surface area (Å²) in [7, 11) is -10.8. The maximum atomic E-state index is 14.7. The second kappa shape index (κ2) is 7.08. The summed E-state index contributed by atoms with van der Waals surface area (Å²) in [6, 6.07) is 0. The van der Waals surface area contributed by atoms with Crippen LogP contribution in [0.2, 0.25) is 0 Å². The van der Waals surface area contributed by atoms with Gasteiger partial charge in [-0.05, 0) is 6.92 Å². The van der Waals surface area contributed by atoms with Crippen LogP contribution in [0.25, 0.3) is 0 Å². The average molecular weight is 421 g/mol. The van der Waals surface area contributed by atoms with Crippen molar-refractivity contribution in [3.05, 3.63) is 32.6 Å². The first-order valence-electron chi connectivity index (χ1n) is 7.21.